The molecule has 3 N–H and O–H groups in total. The third kappa shape index (κ3) is 6.51. The van der Waals surface area contributed by atoms with Crippen molar-refractivity contribution in [2.24, 2.45) is 0 Å². The first-order valence-corrected chi connectivity index (χ1v) is 10.9. The number of ether oxygens (including phenoxy) is 3. The van der Waals surface area contributed by atoms with Gasteiger partial charge in [0.2, 0.25) is 5.91 Å². The fourth-order valence-electron chi connectivity index (χ4n) is 3.95. The number of para-hydroxylation sites is 1. The van der Waals surface area contributed by atoms with Crippen LogP contribution in [0.4, 0.5) is 0 Å². The summed E-state index contributed by atoms with van der Waals surface area (Å²) in [6.07, 6.45) is 1.36. The molecule has 0 unspecified atom stereocenters. The number of β-amino-alcohol motifs (C(OH)–C–C–N with tert-alkyl or cyclic N) is 1. The Kier molecular flexibility index (Phi) is 7.53. The van der Waals surface area contributed by atoms with Gasteiger partial charge >= 0.3 is 0 Å². The van der Waals surface area contributed by atoms with Crippen molar-refractivity contribution in [3.05, 3.63) is 60.2 Å². The number of rotatable bonds is 6. The number of benzene rings is 2. The van der Waals surface area contributed by atoms with Crippen molar-refractivity contribution in [1.82, 2.24) is 10.6 Å². The van der Waals surface area contributed by atoms with Crippen molar-refractivity contribution < 1.29 is 24.1 Å². The predicted octanol–water partition coefficient (Wildman–Crippen LogP) is 2.38. The zero-order valence-corrected chi connectivity index (χ0v) is 17.5. The van der Waals surface area contributed by atoms with E-state index in [0.717, 1.165) is 29.9 Å². The normalized spacial score (nSPS) is 26.2. The molecule has 2 fully saturated rings. The van der Waals surface area contributed by atoms with Crippen molar-refractivity contribution in [3.8, 4) is 11.5 Å². The molecule has 4 rings (SSSR count). The number of carbonyl (C=O) groups is 1. The molecule has 7 heteroatoms. The number of aliphatic hydroxyl groups excluding tert-OH is 1. The summed E-state index contributed by atoms with van der Waals surface area (Å²) < 4.78 is 17.4. The molecule has 0 aromatic heterocycles. The van der Waals surface area contributed by atoms with Crippen LogP contribution in [0, 0.1) is 0 Å². The lowest BCUT2D eigenvalue weighted by molar-refractivity contribution is -0.137. The standard InChI is InChI=1S/C24H30N2O5/c27-18-14-25-22-11-10-21(31-23(22)16-29-15-18)12-24(28)26-13-17-6-8-20(9-7-17)30-19-4-2-1-3-5-19/h1-9,18,21-23,25,27H,10-16H2,(H,26,28)/t18-,21+,22-,23+/m0/s1. The molecule has 0 saturated carbocycles. The molecule has 2 aromatic carbocycles. The number of carbonyl (C=O) groups excluding carboxylic acids is 1. The van der Waals surface area contributed by atoms with E-state index in [-0.39, 0.29) is 24.2 Å². The van der Waals surface area contributed by atoms with Gasteiger partial charge in [0.15, 0.2) is 0 Å². The molecule has 166 valence electrons. The molecular weight excluding hydrogens is 396 g/mol. The second kappa shape index (κ2) is 10.7. The smallest absolute Gasteiger partial charge is 0.222 e. The Balaban J connectivity index is 1.20. The lowest BCUT2D eigenvalue weighted by Crippen LogP contribution is -2.53. The molecule has 7 nitrogen and oxygen atoms in total. The predicted molar refractivity (Wildman–Crippen MR) is 116 cm³/mol. The van der Waals surface area contributed by atoms with Gasteiger partial charge in [-0.1, -0.05) is 30.3 Å². The summed E-state index contributed by atoms with van der Waals surface area (Å²) in [5, 5.41) is 16.0. The van der Waals surface area contributed by atoms with Crippen molar-refractivity contribution in [2.45, 2.75) is 50.2 Å². The minimum absolute atomic E-state index is 0.0248. The summed E-state index contributed by atoms with van der Waals surface area (Å²) in [7, 11) is 0. The summed E-state index contributed by atoms with van der Waals surface area (Å²) in [5.74, 6) is 1.52. The Morgan fingerprint density at radius 1 is 1.06 bits per heavy atom. The van der Waals surface area contributed by atoms with E-state index < -0.39 is 6.10 Å². The minimum atomic E-state index is -0.483. The van der Waals surface area contributed by atoms with Gasteiger partial charge in [-0.15, -0.1) is 0 Å². The Labute approximate surface area is 182 Å². The molecule has 2 heterocycles. The Morgan fingerprint density at radius 3 is 2.65 bits per heavy atom. The van der Waals surface area contributed by atoms with Gasteiger partial charge in [-0.25, -0.2) is 0 Å². The Bertz CT molecular complexity index is 830. The lowest BCUT2D eigenvalue weighted by Gasteiger charge is -2.38. The second-order valence-corrected chi connectivity index (χ2v) is 8.12. The third-order valence-electron chi connectivity index (χ3n) is 5.63. The summed E-state index contributed by atoms with van der Waals surface area (Å²) in [5.41, 5.74) is 1.01. The molecule has 31 heavy (non-hydrogen) atoms. The maximum Gasteiger partial charge on any atom is 0.222 e. The topological polar surface area (TPSA) is 89.1 Å². The van der Waals surface area contributed by atoms with E-state index in [1.165, 1.54) is 0 Å². The van der Waals surface area contributed by atoms with E-state index in [1.807, 2.05) is 54.6 Å². The number of aliphatic hydroxyl groups is 1. The molecule has 2 saturated heterocycles. The summed E-state index contributed by atoms with van der Waals surface area (Å²) in [4.78, 5) is 12.4. The molecule has 1 amide bonds. The first-order chi connectivity index (χ1) is 15.2. The fraction of sp³-hybridized carbons (Fsp3) is 0.458. The van der Waals surface area contributed by atoms with Gasteiger partial charge in [-0.3, -0.25) is 4.79 Å². The number of fused-ring (bicyclic) bond motifs is 1. The van der Waals surface area contributed by atoms with Crippen molar-refractivity contribution >= 4 is 5.91 Å². The van der Waals surface area contributed by atoms with Crippen LogP contribution < -0.4 is 15.4 Å². The molecule has 2 aliphatic rings. The molecular formula is C24H30N2O5. The maximum atomic E-state index is 12.4. The lowest BCUT2D eigenvalue weighted by atomic mass is 9.96. The molecule has 2 aromatic rings. The minimum Gasteiger partial charge on any atom is -0.457 e. The van der Waals surface area contributed by atoms with Crippen molar-refractivity contribution in [2.75, 3.05) is 19.8 Å². The van der Waals surface area contributed by atoms with Gasteiger partial charge in [0.05, 0.1) is 37.9 Å². The van der Waals surface area contributed by atoms with Gasteiger partial charge < -0.3 is 30.0 Å². The average Bonchev–Trinajstić information content (AvgIpc) is 2.77. The van der Waals surface area contributed by atoms with Gasteiger partial charge in [0, 0.05) is 19.1 Å². The van der Waals surface area contributed by atoms with Crippen LogP contribution >= 0.6 is 0 Å². The summed E-state index contributed by atoms with van der Waals surface area (Å²) in [6, 6.07) is 17.5. The highest BCUT2D eigenvalue weighted by Gasteiger charge is 2.33. The Morgan fingerprint density at radius 2 is 1.84 bits per heavy atom. The van der Waals surface area contributed by atoms with Gasteiger partial charge in [-0.2, -0.15) is 0 Å². The van der Waals surface area contributed by atoms with Gasteiger partial charge in [-0.05, 0) is 42.7 Å². The molecule has 0 radical (unpaired) electrons. The zero-order chi connectivity index (χ0) is 21.5. The molecule has 2 aliphatic heterocycles. The molecule has 0 bridgehead atoms. The van der Waals surface area contributed by atoms with Crippen LogP contribution in [0.15, 0.2) is 54.6 Å². The highest BCUT2D eigenvalue weighted by molar-refractivity contribution is 5.76. The van der Waals surface area contributed by atoms with Crippen LogP contribution in [0.25, 0.3) is 0 Å². The van der Waals surface area contributed by atoms with E-state index in [1.54, 1.807) is 0 Å². The Hall–Kier alpha value is -2.45. The quantitative estimate of drug-likeness (QED) is 0.657. The number of hydrogen-bond donors (Lipinski definition) is 3. The first kappa shape index (κ1) is 21.8. The van der Waals surface area contributed by atoms with E-state index in [4.69, 9.17) is 14.2 Å². The van der Waals surface area contributed by atoms with Crippen LogP contribution in [-0.4, -0.2) is 55.1 Å². The SMILES string of the molecule is O=C(C[C@H]1CC[C@@H]2NC[C@H](O)COC[C@H]2O1)NCc1ccc(Oc2ccccc2)cc1. The van der Waals surface area contributed by atoms with Crippen LogP contribution in [0.3, 0.4) is 0 Å². The highest BCUT2D eigenvalue weighted by Crippen LogP contribution is 2.24. The first-order valence-electron chi connectivity index (χ1n) is 10.9. The summed E-state index contributed by atoms with van der Waals surface area (Å²) >= 11 is 0. The molecule has 0 aliphatic carbocycles. The van der Waals surface area contributed by atoms with Crippen molar-refractivity contribution in [3.63, 3.8) is 0 Å². The second-order valence-electron chi connectivity index (χ2n) is 8.12. The van der Waals surface area contributed by atoms with Crippen LogP contribution in [0.2, 0.25) is 0 Å². The zero-order valence-electron chi connectivity index (χ0n) is 17.5. The third-order valence-corrected chi connectivity index (χ3v) is 5.63. The van der Waals surface area contributed by atoms with E-state index in [2.05, 4.69) is 10.6 Å². The highest BCUT2D eigenvalue weighted by atomic mass is 16.5. The summed E-state index contributed by atoms with van der Waals surface area (Å²) in [6.45, 7) is 1.71. The number of hydrogen-bond acceptors (Lipinski definition) is 6. The fourth-order valence-corrected chi connectivity index (χ4v) is 3.95. The van der Waals surface area contributed by atoms with E-state index >= 15 is 0 Å². The van der Waals surface area contributed by atoms with Crippen LogP contribution in [0.1, 0.15) is 24.8 Å². The van der Waals surface area contributed by atoms with Crippen molar-refractivity contribution in [1.29, 1.82) is 0 Å². The number of amides is 1. The monoisotopic (exact) mass is 426 g/mol. The van der Waals surface area contributed by atoms with Gasteiger partial charge in [0.1, 0.15) is 11.5 Å². The van der Waals surface area contributed by atoms with E-state index in [0.29, 0.717) is 32.7 Å². The van der Waals surface area contributed by atoms with E-state index in [9.17, 15) is 9.90 Å². The van der Waals surface area contributed by atoms with Gasteiger partial charge in [0.25, 0.3) is 0 Å². The molecule has 0 spiro atoms. The van der Waals surface area contributed by atoms with Crippen LogP contribution in [-0.2, 0) is 20.8 Å². The maximum absolute atomic E-state index is 12.4. The number of nitrogens with one attached hydrogen (secondary N) is 2. The van der Waals surface area contributed by atoms with Crippen LogP contribution in [0.5, 0.6) is 11.5 Å². The average molecular weight is 427 g/mol. The largest absolute Gasteiger partial charge is 0.457 e. The molecule has 4 atom stereocenters.